The average molecular weight is 285 g/mol. The molecule has 1 atom stereocenters. The third-order valence-electron chi connectivity index (χ3n) is 3.45. The van der Waals surface area contributed by atoms with Crippen LogP contribution in [0, 0.1) is 12.7 Å². The fourth-order valence-electron chi connectivity index (χ4n) is 2.50. The highest BCUT2D eigenvalue weighted by Gasteiger charge is 2.15. The van der Waals surface area contributed by atoms with Gasteiger partial charge in [-0.05, 0) is 49.2 Å². The average Bonchev–Trinajstić information content (AvgIpc) is 2.82. The molecule has 0 spiro atoms. The minimum absolute atomic E-state index is 0.148. The van der Waals surface area contributed by atoms with E-state index in [0.717, 1.165) is 10.1 Å². The van der Waals surface area contributed by atoms with Gasteiger partial charge in [-0.15, -0.1) is 11.3 Å². The van der Waals surface area contributed by atoms with Crippen LogP contribution in [0.25, 0.3) is 10.1 Å². The molecule has 1 N–H and O–H groups in total. The maximum Gasteiger partial charge on any atom is 0.123 e. The number of rotatable bonds is 3. The minimum atomic E-state index is -0.182. The van der Waals surface area contributed by atoms with E-state index in [-0.39, 0.29) is 11.9 Å². The quantitative estimate of drug-likeness (QED) is 0.738. The standard InChI is InChI=1S/C17H16FNS/c1-11-4-3-5-12(8-11)17(19-2)16-10-13-9-14(18)6-7-15(13)20-16/h3-10,17,19H,1-2H3. The van der Waals surface area contributed by atoms with Crippen LogP contribution in [0.15, 0.2) is 48.5 Å². The van der Waals surface area contributed by atoms with Gasteiger partial charge in [-0.3, -0.25) is 0 Å². The van der Waals surface area contributed by atoms with Crippen LogP contribution in [-0.4, -0.2) is 7.05 Å². The first-order valence-corrected chi connectivity index (χ1v) is 7.42. The van der Waals surface area contributed by atoms with E-state index in [1.807, 2.05) is 13.1 Å². The number of hydrogen-bond donors (Lipinski definition) is 1. The molecule has 0 aliphatic heterocycles. The van der Waals surface area contributed by atoms with Crippen molar-refractivity contribution in [3.8, 4) is 0 Å². The van der Waals surface area contributed by atoms with Gasteiger partial charge in [0.1, 0.15) is 5.82 Å². The second-order valence-electron chi connectivity index (χ2n) is 4.97. The number of aryl methyl sites for hydroxylation is 1. The fourth-order valence-corrected chi connectivity index (χ4v) is 3.68. The molecular formula is C17H16FNS. The van der Waals surface area contributed by atoms with E-state index in [1.165, 1.54) is 22.1 Å². The Balaban J connectivity index is 2.07. The fraction of sp³-hybridized carbons (Fsp3) is 0.176. The Morgan fingerprint density at radius 2 is 1.95 bits per heavy atom. The molecule has 1 unspecified atom stereocenters. The van der Waals surface area contributed by atoms with Crippen LogP contribution in [0.3, 0.4) is 0 Å². The zero-order chi connectivity index (χ0) is 14.1. The zero-order valence-corrected chi connectivity index (χ0v) is 12.3. The summed E-state index contributed by atoms with van der Waals surface area (Å²) in [5.41, 5.74) is 2.48. The molecule has 0 fully saturated rings. The molecule has 0 saturated heterocycles. The molecule has 1 aromatic heterocycles. The molecule has 20 heavy (non-hydrogen) atoms. The molecule has 0 bridgehead atoms. The molecule has 2 aromatic carbocycles. The Labute approximate surface area is 122 Å². The van der Waals surface area contributed by atoms with Gasteiger partial charge < -0.3 is 5.32 Å². The maximum atomic E-state index is 13.3. The maximum absolute atomic E-state index is 13.3. The lowest BCUT2D eigenvalue weighted by atomic mass is 10.0. The molecule has 3 heteroatoms. The normalized spacial score (nSPS) is 12.8. The molecule has 0 saturated carbocycles. The Morgan fingerprint density at radius 3 is 2.70 bits per heavy atom. The van der Waals surface area contributed by atoms with Crippen molar-refractivity contribution >= 4 is 21.4 Å². The molecule has 0 amide bonds. The van der Waals surface area contributed by atoms with Gasteiger partial charge in [-0.2, -0.15) is 0 Å². The van der Waals surface area contributed by atoms with Crippen LogP contribution < -0.4 is 5.32 Å². The molecule has 1 nitrogen and oxygen atoms in total. The minimum Gasteiger partial charge on any atom is -0.309 e. The summed E-state index contributed by atoms with van der Waals surface area (Å²) >= 11 is 1.71. The highest BCUT2D eigenvalue weighted by Crippen LogP contribution is 2.33. The van der Waals surface area contributed by atoms with E-state index in [4.69, 9.17) is 0 Å². The van der Waals surface area contributed by atoms with Gasteiger partial charge in [0, 0.05) is 9.58 Å². The highest BCUT2D eigenvalue weighted by molar-refractivity contribution is 7.19. The van der Waals surface area contributed by atoms with Crippen LogP contribution in [0.5, 0.6) is 0 Å². The summed E-state index contributed by atoms with van der Waals surface area (Å²) in [7, 11) is 1.96. The molecular weight excluding hydrogens is 269 g/mol. The lowest BCUT2D eigenvalue weighted by Crippen LogP contribution is -2.16. The summed E-state index contributed by atoms with van der Waals surface area (Å²) < 4.78 is 14.4. The van der Waals surface area contributed by atoms with Gasteiger partial charge >= 0.3 is 0 Å². The van der Waals surface area contributed by atoms with Gasteiger partial charge in [0.15, 0.2) is 0 Å². The SMILES string of the molecule is CNC(c1cccc(C)c1)c1cc2cc(F)ccc2s1. The van der Waals surface area contributed by atoms with E-state index >= 15 is 0 Å². The van der Waals surface area contributed by atoms with E-state index in [0.29, 0.717) is 0 Å². The smallest absolute Gasteiger partial charge is 0.123 e. The van der Waals surface area contributed by atoms with Gasteiger partial charge in [0.2, 0.25) is 0 Å². The van der Waals surface area contributed by atoms with Gasteiger partial charge in [-0.25, -0.2) is 4.39 Å². The number of halogens is 1. The predicted molar refractivity (Wildman–Crippen MR) is 83.9 cm³/mol. The summed E-state index contributed by atoms with van der Waals surface area (Å²) in [6.45, 7) is 2.09. The monoisotopic (exact) mass is 285 g/mol. The summed E-state index contributed by atoms with van der Waals surface area (Å²) in [6.07, 6.45) is 0. The first-order valence-electron chi connectivity index (χ1n) is 6.60. The number of thiophene rings is 1. The third-order valence-corrected chi connectivity index (χ3v) is 4.63. The van der Waals surface area contributed by atoms with Crippen molar-refractivity contribution in [3.63, 3.8) is 0 Å². The number of fused-ring (bicyclic) bond motifs is 1. The molecule has 0 aliphatic rings. The lowest BCUT2D eigenvalue weighted by molar-refractivity contribution is 0.630. The van der Waals surface area contributed by atoms with Crippen LogP contribution in [0.2, 0.25) is 0 Å². The van der Waals surface area contributed by atoms with Crippen LogP contribution in [0.1, 0.15) is 22.0 Å². The molecule has 1 heterocycles. The molecule has 0 aliphatic carbocycles. The highest BCUT2D eigenvalue weighted by atomic mass is 32.1. The van der Waals surface area contributed by atoms with Crippen molar-refractivity contribution in [2.75, 3.05) is 7.05 Å². The van der Waals surface area contributed by atoms with E-state index in [1.54, 1.807) is 17.4 Å². The number of benzene rings is 2. The topological polar surface area (TPSA) is 12.0 Å². The second kappa shape index (κ2) is 5.35. The molecule has 3 aromatic rings. The van der Waals surface area contributed by atoms with Crippen molar-refractivity contribution in [1.82, 2.24) is 5.32 Å². The van der Waals surface area contributed by atoms with Gasteiger partial charge in [-0.1, -0.05) is 29.8 Å². The van der Waals surface area contributed by atoms with Crippen molar-refractivity contribution in [2.45, 2.75) is 13.0 Å². The van der Waals surface area contributed by atoms with E-state index in [2.05, 4.69) is 42.6 Å². The van der Waals surface area contributed by atoms with Gasteiger partial charge in [0.05, 0.1) is 6.04 Å². The molecule has 0 radical (unpaired) electrons. The Morgan fingerprint density at radius 1 is 1.10 bits per heavy atom. The number of hydrogen-bond acceptors (Lipinski definition) is 2. The Bertz CT molecular complexity index is 748. The summed E-state index contributed by atoms with van der Waals surface area (Å²) in [5.74, 6) is -0.182. The van der Waals surface area contributed by atoms with Gasteiger partial charge in [0.25, 0.3) is 0 Å². The van der Waals surface area contributed by atoms with Crippen LogP contribution >= 0.6 is 11.3 Å². The van der Waals surface area contributed by atoms with Crippen molar-refractivity contribution in [3.05, 3.63) is 70.4 Å². The Kier molecular flexibility index (Phi) is 3.55. The Hall–Kier alpha value is -1.71. The lowest BCUT2D eigenvalue weighted by Gasteiger charge is -2.15. The van der Waals surface area contributed by atoms with E-state index in [9.17, 15) is 4.39 Å². The predicted octanol–water partition coefficient (Wildman–Crippen LogP) is 4.66. The second-order valence-corrected chi connectivity index (χ2v) is 6.08. The third kappa shape index (κ3) is 2.47. The first-order chi connectivity index (χ1) is 9.67. The summed E-state index contributed by atoms with van der Waals surface area (Å²) in [5, 5.41) is 4.32. The number of nitrogens with one attached hydrogen (secondary N) is 1. The van der Waals surface area contributed by atoms with Crippen molar-refractivity contribution in [2.24, 2.45) is 0 Å². The summed E-state index contributed by atoms with van der Waals surface area (Å²) in [6, 6.07) is 15.7. The zero-order valence-electron chi connectivity index (χ0n) is 11.5. The molecule has 3 rings (SSSR count). The largest absolute Gasteiger partial charge is 0.309 e. The van der Waals surface area contributed by atoms with Crippen molar-refractivity contribution in [1.29, 1.82) is 0 Å². The van der Waals surface area contributed by atoms with E-state index < -0.39 is 0 Å². The van der Waals surface area contributed by atoms with Crippen LogP contribution in [-0.2, 0) is 0 Å². The summed E-state index contributed by atoms with van der Waals surface area (Å²) in [4.78, 5) is 1.21. The first kappa shape index (κ1) is 13.3. The van der Waals surface area contributed by atoms with Crippen LogP contribution in [0.4, 0.5) is 4.39 Å². The van der Waals surface area contributed by atoms with Crippen molar-refractivity contribution < 1.29 is 4.39 Å². The molecule has 102 valence electrons.